The summed E-state index contributed by atoms with van der Waals surface area (Å²) in [6.45, 7) is 2.10. The van der Waals surface area contributed by atoms with Crippen molar-refractivity contribution < 1.29 is 4.74 Å². The van der Waals surface area contributed by atoms with E-state index >= 15 is 0 Å². The minimum absolute atomic E-state index is 0.314. The first kappa shape index (κ1) is 14.9. The van der Waals surface area contributed by atoms with Crippen LogP contribution in [0.5, 0.6) is 5.75 Å². The van der Waals surface area contributed by atoms with E-state index in [9.17, 15) is 0 Å². The van der Waals surface area contributed by atoms with Crippen LogP contribution in [0.3, 0.4) is 0 Å². The molecule has 6 heteroatoms. The molecule has 0 unspecified atom stereocenters. The minimum atomic E-state index is 0.314. The third kappa shape index (κ3) is 2.46. The van der Waals surface area contributed by atoms with Gasteiger partial charge in [-0.3, -0.25) is 0 Å². The van der Waals surface area contributed by atoms with Gasteiger partial charge in [-0.15, -0.1) is 0 Å². The van der Waals surface area contributed by atoms with Crippen molar-refractivity contribution in [2.24, 2.45) is 0 Å². The lowest BCUT2D eigenvalue weighted by Gasteiger charge is -2.05. The van der Waals surface area contributed by atoms with Crippen molar-refractivity contribution in [3.05, 3.63) is 41.7 Å². The number of nitriles is 1. The van der Waals surface area contributed by atoms with Crippen LogP contribution in [0.2, 0.25) is 0 Å². The van der Waals surface area contributed by atoms with E-state index in [0.717, 1.165) is 35.4 Å². The number of hydrogen-bond acceptors (Lipinski definition) is 5. The van der Waals surface area contributed by atoms with E-state index in [2.05, 4.69) is 17.0 Å². The summed E-state index contributed by atoms with van der Waals surface area (Å²) in [6.07, 6.45) is 3.26. The average Bonchev–Trinajstić information content (AvgIpc) is 2.95. The number of ether oxygens (including phenoxy) is 1. The van der Waals surface area contributed by atoms with Crippen LogP contribution in [0.1, 0.15) is 24.6 Å². The van der Waals surface area contributed by atoms with Gasteiger partial charge in [-0.1, -0.05) is 25.5 Å². The number of aromatic nitrogens is 3. The highest BCUT2D eigenvalue weighted by atomic mass is 16.5. The first-order valence-corrected chi connectivity index (χ1v) is 7.40. The fraction of sp³-hybridized carbons (Fsp3) is 0.235. The molecular weight excluding hydrogens is 290 g/mol. The van der Waals surface area contributed by atoms with Gasteiger partial charge in [0.25, 0.3) is 0 Å². The second kappa shape index (κ2) is 5.97. The van der Waals surface area contributed by atoms with E-state index in [1.165, 1.54) is 6.20 Å². The lowest BCUT2D eigenvalue weighted by molar-refractivity contribution is 0.415. The van der Waals surface area contributed by atoms with Crippen molar-refractivity contribution in [1.29, 1.82) is 5.26 Å². The standard InChI is InChI=1S/C17H17N5O/c1-3-4-14-15(11-5-7-13(23-2)8-6-11)17-20-10-12(9-18)16(19)22(17)21-14/h5-8,10H,3-4,19H2,1-2H3. The highest BCUT2D eigenvalue weighted by molar-refractivity contribution is 5.81. The van der Waals surface area contributed by atoms with Crippen LogP contribution in [-0.2, 0) is 6.42 Å². The summed E-state index contributed by atoms with van der Waals surface area (Å²) >= 11 is 0. The van der Waals surface area contributed by atoms with Gasteiger partial charge in [0, 0.05) is 5.56 Å². The molecule has 1 aromatic carbocycles. The minimum Gasteiger partial charge on any atom is -0.497 e. The molecule has 0 radical (unpaired) electrons. The summed E-state index contributed by atoms with van der Waals surface area (Å²) in [6, 6.07) is 9.80. The molecular formula is C17H17N5O. The second-order valence-corrected chi connectivity index (χ2v) is 5.20. The van der Waals surface area contributed by atoms with E-state index in [4.69, 9.17) is 15.7 Å². The van der Waals surface area contributed by atoms with Gasteiger partial charge in [-0.05, 0) is 24.1 Å². The fourth-order valence-electron chi connectivity index (χ4n) is 2.60. The van der Waals surface area contributed by atoms with Crippen LogP contribution in [0, 0.1) is 11.3 Å². The van der Waals surface area contributed by atoms with Crippen molar-refractivity contribution in [3.8, 4) is 22.9 Å². The highest BCUT2D eigenvalue weighted by Crippen LogP contribution is 2.31. The lowest BCUT2D eigenvalue weighted by Crippen LogP contribution is -2.03. The van der Waals surface area contributed by atoms with Crippen LogP contribution in [0.4, 0.5) is 5.82 Å². The summed E-state index contributed by atoms with van der Waals surface area (Å²) in [4.78, 5) is 4.40. The molecule has 2 N–H and O–H groups in total. The Morgan fingerprint density at radius 1 is 1.30 bits per heavy atom. The molecule has 116 valence electrons. The summed E-state index contributed by atoms with van der Waals surface area (Å²) in [7, 11) is 1.64. The van der Waals surface area contributed by atoms with Crippen LogP contribution in [0.15, 0.2) is 30.5 Å². The summed E-state index contributed by atoms with van der Waals surface area (Å²) in [5.74, 6) is 1.11. The molecule has 0 amide bonds. The highest BCUT2D eigenvalue weighted by Gasteiger charge is 2.18. The van der Waals surface area contributed by atoms with E-state index < -0.39 is 0 Å². The molecule has 6 nitrogen and oxygen atoms in total. The number of nitrogens with zero attached hydrogens (tertiary/aromatic N) is 4. The molecule has 0 bridgehead atoms. The maximum atomic E-state index is 9.11. The number of anilines is 1. The van der Waals surface area contributed by atoms with Gasteiger partial charge in [0.05, 0.1) is 19.0 Å². The topological polar surface area (TPSA) is 89.2 Å². The second-order valence-electron chi connectivity index (χ2n) is 5.20. The van der Waals surface area contributed by atoms with Crippen molar-refractivity contribution in [1.82, 2.24) is 14.6 Å². The number of nitrogen functional groups attached to an aromatic ring is 1. The third-order valence-corrected chi connectivity index (χ3v) is 3.74. The number of nitrogens with two attached hydrogens (primary N) is 1. The molecule has 0 aliphatic heterocycles. The van der Waals surface area contributed by atoms with Crippen molar-refractivity contribution in [2.75, 3.05) is 12.8 Å². The zero-order chi connectivity index (χ0) is 16.4. The molecule has 0 spiro atoms. The van der Waals surface area contributed by atoms with Gasteiger partial charge in [-0.25, -0.2) is 4.98 Å². The zero-order valence-electron chi connectivity index (χ0n) is 13.1. The molecule has 23 heavy (non-hydrogen) atoms. The van der Waals surface area contributed by atoms with E-state index in [-0.39, 0.29) is 0 Å². The summed E-state index contributed by atoms with van der Waals surface area (Å²) in [5, 5.41) is 13.7. The Morgan fingerprint density at radius 2 is 2.04 bits per heavy atom. The normalized spacial score (nSPS) is 10.7. The molecule has 2 heterocycles. The molecule has 0 saturated heterocycles. The lowest BCUT2D eigenvalue weighted by atomic mass is 10.0. The first-order valence-electron chi connectivity index (χ1n) is 7.40. The average molecular weight is 307 g/mol. The van der Waals surface area contributed by atoms with Crippen LogP contribution >= 0.6 is 0 Å². The predicted octanol–water partition coefficient (Wildman–Crippen LogP) is 2.81. The van der Waals surface area contributed by atoms with Crippen LogP contribution < -0.4 is 10.5 Å². The summed E-state index contributed by atoms with van der Waals surface area (Å²) < 4.78 is 6.77. The Labute approximate surface area is 134 Å². The van der Waals surface area contributed by atoms with Gasteiger partial charge in [-0.2, -0.15) is 14.9 Å². The number of methoxy groups -OCH3 is 1. The largest absolute Gasteiger partial charge is 0.497 e. The maximum absolute atomic E-state index is 9.11. The van der Waals surface area contributed by atoms with Crippen LogP contribution in [-0.4, -0.2) is 21.7 Å². The van der Waals surface area contributed by atoms with Gasteiger partial charge < -0.3 is 10.5 Å². The Morgan fingerprint density at radius 3 is 2.65 bits per heavy atom. The van der Waals surface area contributed by atoms with Crippen molar-refractivity contribution in [3.63, 3.8) is 0 Å². The molecule has 0 aliphatic rings. The maximum Gasteiger partial charge on any atom is 0.165 e. The molecule has 0 aliphatic carbocycles. The number of aryl methyl sites for hydroxylation is 1. The SMILES string of the molecule is CCCc1nn2c(N)c(C#N)cnc2c1-c1ccc(OC)cc1. The molecule has 2 aromatic heterocycles. The van der Waals surface area contributed by atoms with Gasteiger partial charge in [0.1, 0.15) is 23.2 Å². The van der Waals surface area contributed by atoms with E-state index in [1.807, 2.05) is 30.3 Å². The van der Waals surface area contributed by atoms with Crippen LogP contribution in [0.25, 0.3) is 16.8 Å². The number of benzene rings is 1. The van der Waals surface area contributed by atoms with Crippen molar-refractivity contribution in [2.45, 2.75) is 19.8 Å². The van der Waals surface area contributed by atoms with Gasteiger partial charge in [0.15, 0.2) is 5.65 Å². The quantitative estimate of drug-likeness (QED) is 0.800. The third-order valence-electron chi connectivity index (χ3n) is 3.74. The Bertz CT molecular complexity index is 890. The zero-order valence-corrected chi connectivity index (χ0v) is 13.1. The molecule has 0 atom stereocenters. The molecule has 3 aromatic rings. The van der Waals surface area contributed by atoms with Crippen molar-refractivity contribution >= 4 is 11.5 Å². The monoisotopic (exact) mass is 307 g/mol. The number of fused-ring (bicyclic) bond motifs is 1. The summed E-state index contributed by atoms with van der Waals surface area (Å²) in [5.41, 5.74) is 9.91. The first-order chi connectivity index (χ1) is 11.2. The van der Waals surface area contributed by atoms with E-state index in [1.54, 1.807) is 11.6 Å². The predicted molar refractivity (Wildman–Crippen MR) is 88.1 cm³/mol. The Hall–Kier alpha value is -3.07. The van der Waals surface area contributed by atoms with Gasteiger partial charge >= 0.3 is 0 Å². The smallest absolute Gasteiger partial charge is 0.165 e. The van der Waals surface area contributed by atoms with Gasteiger partial charge in [0.2, 0.25) is 0 Å². The fourth-order valence-corrected chi connectivity index (χ4v) is 2.60. The Kier molecular flexibility index (Phi) is 3.85. The number of hydrogen-bond donors (Lipinski definition) is 1. The molecule has 0 fully saturated rings. The van der Waals surface area contributed by atoms with E-state index in [0.29, 0.717) is 17.0 Å². The Balaban J connectivity index is 2.26. The number of rotatable bonds is 4. The molecule has 0 saturated carbocycles. The molecule has 3 rings (SSSR count).